The second-order valence-electron chi connectivity index (χ2n) is 14.5. The van der Waals surface area contributed by atoms with Gasteiger partial charge < -0.3 is 10.0 Å². The van der Waals surface area contributed by atoms with Crippen LogP contribution in [-0.4, -0.2) is 34.6 Å². The van der Waals surface area contributed by atoms with Gasteiger partial charge in [0.15, 0.2) is 0 Å². The van der Waals surface area contributed by atoms with E-state index in [0.717, 1.165) is 50.6 Å². The molecular weight excluding hydrogens is 442 g/mol. The quantitative estimate of drug-likeness (QED) is 0.486. The molecule has 1 heterocycles. The average molecular weight is 492 g/mol. The van der Waals surface area contributed by atoms with Crippen LogP contribution < -0.4 is 0 Å². The van der Waals surface area contributed by atoms with E-state index in [1.54, 1.807) is 0 Å². The predicted molar refractivity (Wildman–Crippen MR) is 145 cm³/mol. The minimum absolute atomic E-state index is 0.173. The van der Waals surface area contributed by atoms with Crippen molar-refractivity contribution in [1.29, 1.82) is 0 Å². The number of carbonyl (C=O) groups excluding carboxylic acids is 1. The normalized spacial score (nSPS) is 48.2. The van der Waals surface area contributed by atoms with Crippen LogP contribution in [0.3, 0.4) is 0 Å². The topological polar surface area (TPSA) is 40.5 Å². The molecule has 4 saturated carbocycles. The molecule has 3 nitrogen and oxygen atoms in total. The monoisotopic (exact) mass is 491 g/mol. The zero-order valence-electron chi connectivity index (χ0n) is 23.3. The largest absolute Gasteiger partial charge is 0.390 e. The van der Waals surface area contributed by atoms with Crippen LogP contribution in [0.5, 0.6) is 0 Å². The minimum atomic E-state index is -0.498. The molecule has 1 aromatic carbocycles. The van der Waals surface area contributed by atoms with E-state index in [1.165, 1.54) is 50.5 Å². The van der Waals surface area contributed by atoms with Crippen molar-refractivity contribution in [3.8, 4) is 0 Å². The molecule has 4 aliphatic carbocycles. The average Bonchev–Trinajstić information content (AvgIpc) is 3.48. The lowest BCUT2D eigenvalue weighted by atomic mass is 9.38. The van der Waals surface area contributed by atoms with Gasteiger partial charge in [0.2, 0.25) is 5.91 Å². The van der Waals surface area contributed by atoms with Crippen LogP contribution in [0.4, 0.5) is 0 Å². The molecule has 1 saturated heterocycles. The van der Waals surface area contributed by atoms with E-state index in [1.807, 2.05) is 0 Å². The summed E-state index contributed by atoms with van der Waals surface area (Å²) in [5, 5.41) is 11.0. The van der Waals surface area contributed by atoms with E-state index in [4.69, 9.17) is 0 Å². The third-order valence-electron chi connectivity index (χ3n) is 13.0. The maximum absolute atomic E-state index is 14.0. The molecule has 1 aliphatic heterocycles. The van der Waals surface area contributed by atoms with E-state index in [-0.39, 0.29) is 16.7 Å². The van der Waals surface area contributed by atoms with Crippen LogP contribution in [0.25, 0.3) is 0 Å². The van der Waals surface area contributed by atoms with Crippen LogP contribution >= 0.6 is 0 Å². The Morgan fingerprint density at radius 1 is 0.944 bits per heavy atom. The van der Waals surface area contributed by atoms with Gasteiger partial charge in [0.05, 0.1) is 5.60 Å². The first-order valence-corrected chi connectivity index (χ1v) is 15.2. The highest BCUT2D eigenvalue weighted by Gasteiger charge is 2.66. The summed E-state index contributed by atoms with van der Waals surface area (Å²) in [6.07, 6.45) is 12.9. The highest BCUT2D eigenvalue weighted by atomic mass is 16.3. The van der Waals surface area contributed by atoms with Crippen LogP contribution in [-0.2, 0) is 4.79 Å². The Labute approximate surface area is 219 Å². The first kappa shape index (κ1) is 25.0. The lowest BCUT2D eigenvalue weighted by molar-refractivity contribution is -0.199. The van der Waals surface area contributed by atoms with Gasteiger partial charge in [0, 0.05) is 24.9 Å². The number of rotatable bonds is 3. The molecule has 1 N–H and O–H groups in total. The van der Waals surface area contributed by atoms with Crippen LogP contribution in [0.1, 0.15) is 110 Å². The third kappa shape index (κ3) is 3.57. The van der Waals surface area contributed by atoms with Gasteiger partial charge in [-0.1, -0.05) is 51.1 Å². The van der Waals surface area contributed by atoms with Crippen molar-refractivity contribution in [1.82, 2.24) is 4.90 Å². The van der Waals surface area contributed by atoms with Gasteiger partial charge in [0.1, 0.15) is 0 Å². The summed E-state index contributed by atoms with van der Waals surface area (Å²) in [7, 11) is 0. The molecule has 0 radical (unpaired) electrons. The van der Waals surface area contributed by atoms with Gasteiger partial charge in [0.25, 0.3) is 0 Å². The van der Waals surface area contributed by atoms with Gasteiger partial charge in [-0.05, 0) is 117 Å². The Morgan fingerprint density at radius 3 is 2.47 bits per heavy atom. The van der Waals surface area contributed by atoms with Crippen molar-refractivity contribution < 1.29 is 9.90 Å². The first-order chi connectivity index (χ1) is 17.1. The number of fused-ring (bicyclic) bond motifs is 5. The Balaban J connectivity index is 1.21. The molecule has 0 spiro atoms. The summed E-state index contributed by atoms with van der Waals surface area (Å²) in [5.41, 5.74) is 1.70. The second-order valence-corrected chi connectivity index (χ2v) is 14.5. The van der Waals surface area contributed by atoms with E-state index in [9.17, 15) is 9.90 Å². The number of amides is 1. The molecule has 0 aromatic heterocycles. The third-order valence-corrected chi connectivity index (χ3v) is 13.0. The summed E-state index contributed by atoms with van der Waals surface area (Å²) in [4.78, 5) is 16.2. The number of hydrogen-bond acceptors (Lipinski definition) is 2. The van der Waals surface area contributed by atoms with Crippen molar-refractivity contribution in [2.24, 2.45) is 39.9 Å². The van der Waals surface area contributed by atoms with Gasteiger partial charge >= 0.3 is 0 Å². The van der Waals surface area contributed by atoms with Gasteiger partial charge in [-0.3, -0.25) is 4.79 Å². The van der Waals surface area contributed by atoms with E-state index in [2.05, 4.69) is 62.9 Å². The lowest BCUT2D eigenvalue weighted by Crippen LogP contribution is -2.61. The van der Waals surface area contributed by atoms with Crippen LogP contribution in [0.15, 0.2) is 30.3 Å². The van der Waals surface area contributed by atoms with E-state index in [0.29, 0.717) is 23.2 Å². The van der Waals surface area contributed by atoms with Crippen molar-refractivity contribution in [3.05, 3.63) is 35.9 Å². The Morgan fingerprint density at radius 2 is 1.72 bits per heavy atom. The summed E-state index contributed by atoms with van der Waals surface area (Å²) >= 11 is 0. The number of aliphatic hydroxyl groups is 1. The van der Waals surface area contributed by atoms with Gasteiger partial charge in [-0.25, -0.2) is 0 Å². The molecule has 6 rings (SSSR count). The molecule has 0 bridgehead atoms. The standard InChI is InChI=1S/C33H49NO2/c1-5-33-19-18-31(3,36)22-30(33,2)16-13-25-26-11-12-28(32(26,4)17-14-27(25)33)29(35)34-20-15-24(21-34)23-9-7-6-8-10-23/h6-10,24-28,36H,5,11-22H2,1-4H3/t24-,25+,26+,27+,28-,30-,31-,32+,33-/m1/s1. The van der Waals surface area contributed by atoms with Crippen molar-refractivity contribution in [2.75, 3.05) is 13.1 Å². The van der Waals surface area contributed by atoms with Gasteiger partial charge in [-0.15, -0.1) is 0 Å². The zero-order chi connectivity index (χ0) is 25.3. The molecule has 0 unspecified atom stereocenters. The maximum Gasteiger partial charge on any atom is 0.226 e. The maximum atomic E-state index is 14.0. The smallest absolute Gasteiger partial charge is 0.226 e. The molecule has 1 aromatic rings. The Hall–Kier alpha value is -1.35. The molecule has 1 amide bonds. The fourth-order valence-corrected chi connectivity index (χ4v) is 11.2. The molecule has 36 heavy (non-hydrogen) atoms. The molecule has 5 fully saturated rings. The van der Waals surface area contributed by atoms with Crippen molar-refractivity contribution in [2.45, 2.75) is 110 Å². The Kier molecular flexibility index (Phi) is 5.95. The van der Waals surface area contributed by atoms with Crippen molar-refractivity contribution in [3.63, 3.8) is 0 Å². The summed E-state index contributed by atoms with van der Waals surface area (Å²) in [5.74, 6) is 3.44. The summed E-state index contributed by atoms with van der Waals surface area (Å²) < 4.78 is 0. The molecule has 3 heteroatoms. The SMILES string of the molecule is CC[C@]12CC[C@@](C)(O)C[C@@]1(C)CC[C@H]1[C@@H]3CC[C@H](C(=O)N4CC[C@@H](c5ccccc5)C4)[C@@]3(C)CC[C@@H]12. The number of hydrogen-bond donors (Lipinski definition) is 1. The summed E-state index contributed by atoms with van der Waals surface area (Å²) in [6.45, 7) is 11.4. The Bertz CT molecular complexity index is 989. The minimum Gasteiger partial charge on any atom is -0.390 e. The summed E-state index contributed by atoms with van der Waals surface area (Å²) in [6, 6.07) is 10.8. The highest BCUT2D eigenvalue weighted by molar-refractivity contribution is 5.80. The molecule has 5 aliphatic rings. The van der Waals surface area contributed by atoms with Gasteiger partial charge in [-0.2, -0.15) is 0 Å². The zero-order valence-corrected chi connectivity index (χ0v) is 23.3. The fraction of sp³-hybridized carbons (Fsp3) is 0.788. The highest BCUT2D eigenvalue weighted by Crippen LogP contribution is 2.72. The van der Waals surface area contributed by atoms with E-state index >= 15 is 0 Å². The van der Waals surface area contributed by atoms with Crippen LogP contribution in [0.2, 0.25) is 0 Å². The molecular formula is C33H49NO2. The number of likely N-dealkylation sites (tertiary alicyclic amines) is 1. The number of nitrogens with zero attached hydrogens (tertiary/aromatic N) is 1. The second kappa shape index (κ2) is 8.58. The molecule has 198 valence electrons. The van der Waals surface area contributed by atoms with Crippen LogP contribution in [0, 0.1) is 39.9 Å². The lowest BCUT2D eigenvalue weighted by Gasteiger charge is -2.67. The number of carbonyl (C=O) groups is 1. The van der Waals surface area contributed by atoms with E-state index < -0.39 is 5.60 Å². The fourth-order valence-electron chi connectivity index (χ4n) is 11.2. The first-order valence-electron chi connectivity index (χ1n) is 15.2. The van der Waals surface area contributed by atoms with Crippen molar-refractivity contribution >= 4 is 5.91 Å². The molecule has 9 atom stereocenters. The number of benzene rings is 1. The predicted octanol–water partition coefficient (Wildman–Crippen LogP) is 7.19.